The van der Waals surface area contributed by atoms with Gasteiger partial charge in [0.25, 0.3) is 5.91 Å². The lowest BCUT2D eigenvalue weighted by atomic mass is 10.2. The van der Waals surface area contributed by atoms with Crippen LogP contribution < -0.4 is 10.0 Å². The van der Waals surface area contributed by atoms with Gasteiger partial charge in [-0.1, -0.05) is 29.3 Å². The number of hydrogen-bond donors (Lipinski definition) is 2. The van der Waals surface area contributed by atoms with Gasteiger partial charge in [-0.2, -0.15) is 9.82 Å². The fourth-order valence-electron chi connectivity index (χ4n) is 2.87. The number of aromatic nitrogens is 2. The number of carbonyl (C=O) groups is 2. The second-order valence-electron chi connectivity index (χ2n) is 7.37. The number of nitrogens with one attached hydrogen (secondary N) is 2. The monoisotopic (exact) mass is 490 g/mol. The molecule has 11 heteroatoms. The molecule has 0 aliphatic carbocycles. The number of amides is 1. The van der Waals surface area contributed by atoms with Crippen molar-refractivity contribution in [3.63, 3.8) is 0 Å². The van der Waals surface area contributed by atoms with Crippen LogP contribution in [-0.4, -0.2) is 42.7 Å². The zero-order chi connectivity index (χ0) is 24.2. The van der Waals surface area contributed by atoms with Crippen molar-refractivity contribution in [2.75, 3.05) is 11.9 Å². The molecule has 1 heterocycles. The first-order chi connectivity index (χ1) is 15.5. The Hall–Kier alpha value is -3.21. The van der Waals surface area contributed by atoms with Crippen molar-refractivity contribution in [1.82, 2.24) is 14.5 Å². The molecule has 3 rings (SSSR count). The summed E-state index contributed by atoms with van der Waals surface area (Å²) in [5.74, 6) is -1.08. The molecule has 33 heavy (non-hydrogen) atoms. The van der Waals surface area contributed by atoms with Crippen molar-refractivity contribution in [2.45, 2.75) is 31.7 Å². The SMILES string of the molecule is Cc1ccc(-n2nc(C)cc2NC(=O)COC(=O)[C@H](C)NS(=O)(=O)c2ccc(Cl)cc2)cc1. The van der Waals surface area contributed by atoms with Crippen LogP contribution >= 0.6 is 11.6 Å². The molecule has 0 saturated heterocycles. The molecule has 9 nitrogen and oxygen atoms in total. The molecular formula is C22H23ClN4O5S. The first-order valence-electron chi connectivity index (χ1n) is 9.93. The van der Waals surface area contributed by atoms with E-state index in [0.29, 0.717) is 16.5 Å². The third kappa shape index (κ3) is 6.41. The van der Waals surface area contributed by atoms with Gasteiger partial charge in [0, 0.05) is 11.1 Å². The van der Waals surface area contributed by atoms with Crippen LogP contribution in [0.25, 0.3) is 5.69 Å². The minimum Gasteiger partial charge on any atom is -0.454 e. The van der Waals surface area contributed by atoms with Crippen LogP contribution in [0.5, 0.6) is 0 Å². The van der Waals surface area contributed by atoms with E-state index in [1.807, 2.05) is 31.2 Å². The molecule has 0 fully saturated rings. The minimum absolute atomic E-state index is 0.0518. The van der Waals surface area contributed by atoms with E-state index in [2.05, 4.69) is 15.1 Å². The van der Waals surface area contributed by atoms with Crippen LogP contribution in [0.1, 0.15) is 18.2 Å². The molecule has 1 atom stereocenters. The molecule has 3 aromatic rings. The molecule has 1 amide bonds. The van der Waals surface area contributed by atoms with Crippen molar-refractivity contribution in [1.29, 1.82) is 0 Å². The molecule has 2 aromatic carbocycles. The Labute approximate surface area is 196 Å². The number of halogens is 1. The van der Waals surface area contributed by atoms with E-state index in [9.17, 15) is 18.0 Å². The molecule has 0 radical (unpaired) electrons. The van der Waals surface area contributed by atoms with E-state index < -0.39 is 34.5 Å². The van der Waals surface area contributed by atoms with Gasteiger partial charge in [-0.3, -0.25) is 9.59 Å². The number of benzene rings is 2. The molecule has 1 aromatic heterocycles. The Kier molecular flexibility index (Phi) is 7.52. The average molecular weight is 491 g/mol. The van der Waals surface area contributed by atoms with Crippen LogP contribution in [0.4, 0.5) is 5.82 Å². The van der Waals surface area contributed by atoms with E-state index in [-0.39, 0.29) is 4.90 Å². The van der Waals surface area contributed by atoms with E-state index in [1.165, 1.54) is 31.2 Å². The van der Waals surface area contributed by atoms with Crippen molar-refractivity contribution < 1.29 is 22.7 Å². The van der Waals surface area contributed by atoms with Crippen molar-refractivity contribution in [3.05, 3.63) is 70.9 Å². The van der Waals surface area contributed by atoms with Gasteiger partial charge in [0.2, 0.25) is 10.0 Å². The van der Waals surface area contributed by atoms with Crippen LogP contribution in [0.2, 0.25) is 5.02 Å². The predicted molar refractivity (Wildman–Crippen MR) is 124 cm³/mol. The largest absolute Gasteiger partial charge is 0.454 e. The predicted octanol–water partition coefficient (Wildman–Crippen LogP) is 2.99. The number of aryl methyl sites for hydroxylation is 2. The number of ether oxygens (including phenoxy) is 1. The Balaban J connectivity index is 1.58. The highest BCUT2D eigenvalue weighted by Gasteiger charge is 2.24. The third-order valence-corrected chi connectivity index (χ3v) is 6.34. The molecule has 0 saturated carbocycles. The maximum atomic E-state index is 12.4. The number of sulfonamides is 1. The van der Waals surface area contributed by atoms with Gasteiger partial charge < -0.3 is 10.1 Å². The summed E-state index contributed by atoms with van der Waals surface area (Å²) in [6.45, 7) is 4.48. The summed E-state index contributed by atoms with van der Waals surface area (Å²) in [6, 6.07) is 13.5. The second-order valence-corrected chi connectivity index (χ2v) is 9.52. The van der Waals surface area contributed by atoms with Gasteiger partial charge in [0.1, 0.15) is 11.9 Å². The number of rotatable bonds is 8. The number of nitrogens with zero attached hydrogens (tertiary/aromatic N) is 2. The van der Waals surface area contributed by atoms with E-state index >= 15 is 0 Å². The summed E-state index contributed by atoms with van der Waals surface area (Å²) in [5, 5.41) is 7.40. The normalized spacial score (nSPS) is 12.2. The fourth-order valence-corrected chi connectivity index (χ4v) is 4.19. The summed E-state index contributed by atoms with van der Waals surface area (Å²) < 4.78 is 33.5. The molecule has 0 aliphatic rings. The average Bonchev–Trinajstić information content (AvgIpc) is 3.12. The second kappa shape index (κ2) is 10.2. The summed E-state index contributed by atoms with van der Waals surface area (Å²) >= 11 is 5.77. The summed E-state index contributed by atoms with van der Waals surface area (Å²) in [6.07, 6.45) is 0. The van der Waals surface area contributed by atoms with E-state index in [4.69, 9.17) is 16.3 Å². The Morgan fingerprint density at radius 2 is 1.73 bits per heavy atom. The zero-order valence-corrected chi connectivity index (χ0v) is 19.8. The van der Waals surface area contributed by atoms with Crippen molar-refractivity contribution >= 4 is 39.3 Å². The highest BCUT2D eigenvalue weighted by Crippen LogP contribution is 2.18. The first-order valence-corrected chi connectivity index (χ1v) is 11.8. The molecule has 0 bridgehead atoms. The minimum atomic E-state index is -3.97. The molecule has 2 N–H and O–H groups in total. The Morgan fingerprint density at radius 3 is 2.36 bits per heavy atom. The Bertz CT molecular complexity index is 1250. The lowest BCUT2D eigenvalue weighted by Crippen LogP contribution is -2.40. The summed E-state index contributed by atoms with van der Waals surface area (Å²) in [7, 11) is -3.97. The molecular weight excluding hydrogens is 468 g/mol. The smallest absolute Gasteiger partial charge is 0.324 e. The number of esters is 1. The topological polar surface area (TPSA) is 119 Å². The van der Waals surface area contributed by atoms with Gasteiger partial charge >= 0.3 is 5.97 Å². The summed E-state index contributed by atoms with van der Waals surface area (Å²) in [4.78, 5) is 24.5. The van der Waals surface area contributed by atoms with Crippen LogP contribution in [0.3, 0.4) is 0 Å². The molecule has 174 valence electrons. The third-order valence-electron chi connectivity index (χ3n) is 4.53. The van der Waals surface area contributed by atoms with Crippen molar-refractivity contribution in [3.8, 4) is 5.69 Å². The van der Waals surface area contributed by atoms with Crippen molar-refractivity contribution in [2.24, 2.45) is 0 Å². The van der Waals surface area contributed by atoms with Crippen LogP contribution in [0, 0.1) is 13.8 Å². The number of anilines is 1. The highest BCUT2D eigenvalue weighted by atomic mass is 35.5. The maximum Gasteiger partial charge on any atom is 0.324 e. The van der Waals surface area contributed by atoms with Gasteiger partial charge in [0.05, 0.1) is 16.3 Å². The zero-order valence-electron chi connectivity index (χ0n) is 18.2. The summed E-state index contributed by atoms with van der Waals surface area (Å²) in [5.41, 5.74) is 2.53. The maximum absolute atomic E-state index is 12.4. The van der Waals surface area contributed by atoms with E-state index in [1.54, 1.807) is 17.7 Å². The number of hydrogen-bond acceptors (Lipinski definition) is 6. The lowest BCUT2D eigenvalue weighted by molar-refractivity contribution is -0.148. The van der Waals surface area contributed by atoms with Crippen LogP contribution in [-0.2, 0) is 24.3 Å². The standard InChI is InChI=1S/C22H23ClN4O5S/c1-14-4-8-18(9-5-14)27-20(12-15(2)25-27)24-21(28)13-32-22(29)16(3)26-33(30,31)19-10-6-17(23)7-11-19/h4-12,16,26H,13H2,1-3H3,(H,24,28)/t16-/m0/s1. The number of carbonyl (C=O) groups excluding carboxylic acids is 2. The van der Waals surface area contributed by atoms with Crippen LogP contribution in [0.15, 0.2) is 59.5 Å². The molecule has 0 aliphatic heterocycles. The Morgan fingerprint density at radius 1 is 1.09 bits per heavy atom. The van der Waals surface area contributed by atoms with Gasteiger partial charge in [-0.15, -0.1) is 0 Å². The van der Waals surface area contributed by atoms with E-state index in [0.717, 1.165) is 11.3 Å². The van der Waals surface area contributed by atoms with Gasteiger partial charge in [-0.25, -0.2) is 13.1 Å². The molecule has 0 spiro atoms. The van der Waals surface area contributed by atoms with Gasteiger partial charge in [0.15, 0.2) is 6.61 Å². The fraction of sp³-hybridized carbons (Fsp3) is 0.227. The highest BCUT2D eigenvalue weighted by molar-refractivity contribution is 7.89. The van der Waals surface area contributed by atoms with Gasteiger partial charge in [-0.05, 0) is 57.2 Å². The quantitative estimate of drug-likeness (QED) is 0.468. The first kappa shape index (κ1) is 24.4. The lowest BCUT2D eigenvalue weighted by Gasteiger charge is -2.14. The molecule has 0 unspecified atom stereocenters.